The predicted molar refractivity (Wildman–Crippen MR) is 136 cm³/mol. The first kappa shape index (κ1) is 23.2. The fourth-order valence-electron chi connectivity index (χ4n) is 4.44. The molecule has 9 heteroatoms. The van der Waals surface area contributed by atoms with Gasteiger partial charge in [0.05, 0.1) is 18.4 Å². The van der Waals surface area contributed by atoms with Gasteiger partial charge in [-0.1, -0.05) is 48.2 Å². The van der Waals surface area contributed by atoms with Crippen LogP contribution in [0.1, 0.15) is 18.1 Å². The summed E-state index contributed by atoms with van der Waals surface area (Å²) in [5.41, 5.74) is 5.22. The van der Waals surface area contributed by atoms with E-state index in [1.165, 1.54) is 22.9 Å². The molecule has 3 heterocycles. The zero-order valence-electron chi connectivity index (χ0n) is 20.1. The summed E-state index contributed by atoms with van der Waals surface area (Å²) >= 11 is 1.44. The fraction of sp³-hybridized carbons (Fsp3) is 0.308. The Morgan fingerprint density at radius 2 is 1.94 bits per heavy atom. The van der Waals surface area contributed by atoms with Crippen molar-refractivity contribution in [2.75, 3.05) is 19.4 Å². The molecule has 180 valence electrons. The number of benzene rings is 2. The van der Waals surface area contributed by atoms with E-state index in [0.717, 1.165) is 46.5 Å². The van der Waals surface area contributed by atoms with Crippen LogP contribution >= 0.6 is 11.8 Å². The highest BCUT2D eigenvalue weighted by molar-refractivity contribution is 7.99. The second-order valence-electron chi connectivity index (χ2n) is 8.47. The molecule has 0 unspecified atom stereocenters. The normalized spacial score (nSPS) is 13.1. The number of hydrogen-bond donors (Lipinski definition) is 0. The molecule has 0 N–H and O–H groups in total. The molecule has 0 aliphatic carbocycles. The van der Waals surface area contributed by atoms with Crippen molar-refractivity contribution < 1.29 is 9.53 Å². The van der Waals surface area contributed by atoms with Gasteiger partial charge < -0.3 is 14.2 Å². The molecule has 0 spiro atoms. The molecule has 0 atom stereocenters. The van der Waals surface area contributed by atoms with Crippen LogP contribution in [-0.4, -0.2) is 54.8 Å². The number of carbonyl (C=O) groups excluding carboxylic acids is 1. The van der Waals surface area contributed by atoms with E-state index in [0.29, 0.717) is 18.8 Å². The third-order valence-corrected chi connectivity index (χ3v) is 7.21. The second-order valence-corrected chi connectivity index (χ2v) is 9.41. The fourth-order valence-corrected chi connectivity index (χ4v) is 5.35. The van der Waals surface area contributed by atoms with E-state index in [1.54, 1.807) is 11.8 Å². The highest BCUT2D eigenvalue weighted by Crippen LogP contribution is 2.33. The molecule has 0 fully saturated rings. The summed E-state index contributed by atoms with van der Waals surface area (Å²) < 4.78 is 9.22. The maximum atomic E-state index is 13.0. The first-order chi connectivity index (χ1) is 17.1. The highest BCUT2D eigenvalue weighted by atomic mass is 32.2. The molecule has 2 aromatic heterocycles. The first-order valence-corrected chi connectivity index (χ1v) is 12.6. The van der Waals surface area contributed by atoms with Gasteiger partial charge in [0.15, 0.2) is 11.0 Å². The average molecular weight is 489 g/mol. The minimum absolute atomic E-state index is 0.121. The van der Waals surface area contributed by atoms with Crippen molar-refractivity contribution in [3.8, 4) is 28.4 Å². The lowest BCUT2D eigenvalue weighted by Crippen LogP contribution is -2.37. The molecular formula is C26H28N6O2S. The van der Waals surface area contributed by atoms with Gasteiger partial charge in [-0.15, -0.1) is 10.2 Å². The molecule has 0 saturated carbocycles. The number of carbonyl (C=O) groups is 1. The molecule has 8 nitrogen and oxygen atoms in total. The summed E-state index contributed by atoms with van der Waals surface area (Å²) in [4.78, 5) is 14.9. The van der Waals surface area contributed by atoms with Gasteiger partial charge >= 0.3 is 0 Å². The summed E-state index contributed by atoms with van der Waals surface area (Å²) in [6.07, 6.45) is 2.85. The average Bonchev–Trinajstić information content (AvgIpc) is 3.49. The number of aromatic nitrogens is 5. The molecule has 0 radical (unpaired) electrons. The van der Waals surface area contributed by atoms with Crippen molar-refractivity contribution in [1.29, 1.82) is 0 Å². The van der Waals surface area contributed by atoms with Crippen LogP contribution in [0, 0.1) is 0 Å². The number of amides is 1. The molecule has 1 aliphatic rings. The molecule has 35 heavy (non-hydrogen) atoms. The van der Waals surface area contributed by atoms with Gasteiger partial charge in [0.1, 0.15) is 11.4 Å². The van der Waals surface area contributed by atoms with Crippen molar-refractivity contribution in [2.24, 2.45) is 7.05 Å². The van der Waals surface area contributed by atoms with Crippen LogP contribution in [0.25, 0.3) is 22.6 Å². The van der Waals surface area contributed by atoms with Gasteiger partial charge in [-0.25, -0.2) is 0 Å². The zero-order valence-corrected chi connectivity index (χ0v) is 21.0. The smallest absolute Gasteiger partial charge is 0.233 e. The van der Waals surface area contributed by atoms with E-state index in [9.17, 15) is 4.79 Å². The number of ether oxygens (including phenoxy) is 1. The van der Waals surface area contributed by atoms with Crippen LogP contribution in [0.5, 0.6) is 5.75 Å². The van der Waals surface area contributed by atoms with Crippen LogP contribution in [0.4, 0.5) is 0 Å². The van der Waals surface area contributed by atoms with E-state index in [2.05, 4.69) is 40.4 Å². The van der Waals surface area contributed by atoms with Gasteiger partial charge in [0, 0.05) is 38.4 Å². The number of nitrogens with zero attached hydrogens (tertiary/aromatic N) is 6. The molecule has 4 aromatic rings. The van der Waals surface area contributed by atoms with Crippen LogP contribution in [-0.2, 0) is 31.4 Å². The quantitative estimate of drug-likeness (QED) is 0.365. The van der Waals surface area contributed by atoms with Crippen LogP contribution in [0.15, 0.2) is 59.9 Å². The lowest BCUT2D eigenvalue weighted by atomic mass is 10.00. The lowest BCUT2D eigenvalue weighted by molar-refractivity contribution is -0.129. The topological polar surface area (TPSA) is 78.1 Å². The Balaban J connectivity index is 1.36. The SMILES string of the molecule is CCn1c(SCC(=O)N2CCc3ccccc3C2)nnc1-c1cn(C)nc1-c1cccc(OC)c1. The van der Waals surface area contributed by atoms with E-state index in [-0.39, 0.29) is 5.91 Å². The first-order valence-electron chi connectivity index (χ1n) is 11.7. The summed E-state index contributed by atoms with van der Waals surface area (Å²) in [7, 11) is 3.55. The number of hydrogen-bond acceptors (Lipinski definition) is 6. The van der Waals surface area contributed by atoms with Crippen LogP contribution in [0.3, 0.4) is 0 Å². The molecule has 1 amide bonds. The zero-order chi connectivity index (χ0) is 24.4. The summed E-state index contributed by atoms with van der Waals surface area (Å²) in [5, 5.41) is 14.4. The predicted octanol–water partition coefficient (Wildman–Crippen LogP) is 4.05. The lowest BCUT2D eigenvalue weighted by Gasteiger charge is -2.28. The second kappa shape index (κ2) is 9.95. The Hall–Kier alpha value is -3.59. The molecule has 2 aromatic carbocycles. The third kappa shape index (κ3) is 4.68. The monoisotopic (exact) mass is 488 g/mol. The number of rotatable bonds is 7. The number of aryl methyl sites for hydroxylation is 1. The number of thioether (sulfide) groups is 1. The summed E-state index contributed by atoms with van der Waals surface area (Å²) in [5.74, 6) is 1.96. The van der Waals surface area contributed by atoms with Gasteiger partial charge in [0.2, 0.25) is 5.91 Å². The maximum Gasteiger partial charge on any atom is 0.233 e. The number of fused-ring (bicyclic) bond motifs is 1. The van der Waals surface area contributed by atoms with E-state index < -0.39 is 0 Å². The molecule has 5 rings (SSSR count). The molecular weight excluding hydrogens is 460 g/mol. The van der Waals surface area contributed by atoms with Crippen molar-refractivity contribution in [2.45, 2.75) is 31.6 Å². The Morgan fingerprint density at radius 1 is 1.11 bits per heavy atom. The van der Waals surface area contributed by atoms with Crippen molar-refractivity contribution in [3.63, 3.8) is 0 Å². The number of methoxy groups -OCH3 is 1. The summed E-state index contributed by atoms with van der Waals surface area (Å²) in [6, 6.07) is 16.2. The highest BCUT2D eigenvalue weighted by Gasteiger charge is 2.23. The van der Waals surface area contributed by atoms with Crippen molar-refractivity contribution in [3.05, 3.63) is 65.9 Å². The Morgan fingerprint density at radius 3 is 2.74 bits per heavy atom. The third-order valence-electron chi connectivity index (χ3n) is 6.25. The van der Waals surface area contributed by atoms with Crippen LogP contribution < -0.4 is 4.74 Å². The van der Waals surface area contributed by atoms with Gasteiger partial charge in [-0.3, -0.25) is 9.48 Å². The molecule has 1 aliphatic heterocycles. The minimum Gasteiger partial charge on any atom is -0.497 e. The largest absolute Gasteiger partial charge is 0.497 e. The Bertz CT molecular complexity index is 1360. The summed E-state index contributed by atoms with van der Waals surface area (Å²) in [6.45, 7) is 4.16. The van der Waals surface area contributed by atoms with Gasteiger partial charge in [0.25, 0.3) is 0 Å². The standard InChI is InChI=1S/C26H28N6O2S/c1-4-32-25(22-16-30(2)29-24(22)19-10-7-11-21(14-19)34-3)27-28-26(32)35-17-23(33)31-13-12-18-8-5-6-9-20(18)15-31/h5-11,14,16H,4,12-13,15,17H2,1-3H3. The molecule has 0 saturated heterocycles. The molecule has 0 bridgehead atoms. The van der Waals surface area contributed by atoms with Gasteiger partial charge in [-0.05, 0) is 36.6 Å². The van der Waals surface area contributed by atoms with Gasteiger partial charge in [-0.2, -0.15) is 5.10 Å². The minimum atomic E-state index is 0.121. The van der Waals surface area contributed by atoms with E-state index in [4.69, 9.17) is 4.74 Å². The van der Waals surface area contributed by atoms with Crippen LogP contribution in [0.2, 0.25) is 0 Å². The van der Waals surface area contributed by atoms with E-state index in [1.807, 2.05) is 53.0 Å². The Kier molecular flexibility index (Phi) is 6.59. The van der Waals surface area contributed by atoms with Crippen molar-refractivity contribution >= 4 is 17.7 Å². The van der Waals surface area contributed by atoms with E-state index >= 15 is 0 Å². The Labute approximate surface area is 208 Å². The maximum absolute atomic E-state index is 13.0. The van der Waals surface area contributed by atoms with Crippen molar-refractivity contribution in [1.82, 2.24) is 29.4 Å².